The highest BCUT2D eigenvalue weighted by Gasteiger charge is 2.39. The van der Waals surface area contributed by atoms with Crippen molar-refractivity contribution in [2.45, 2.75) is 64.0 Å². The second kappa shape index (κ2) is 16.1. The van der Waals surface area contributed by atoms with Crippen LogP contribution in [-0.4, -0.2) is 99.9 Å². The van der Waals surface area contributed by atoms with Crippen LogP contribution in [0.15, 0.2) is 18.7 Å². The van der Waals surface area contributed by atoms with Gasteiger partial charge in [-0.15, -0.1) is 0 Å². The van der Waals surface area contributed by atoms with E-state index in [1.165, 1.54) is 11.3 Å². The monoisotopic (exact) mass is 670 g/mol. The fourth-order valence-electron chi connectivity index (χ4n) is 3.71. The number of amides is 1. The zero-order valence-electron chi connectivity index (χ0n) is 23.2. The lowest BCUT2D eigenvalue weighted by Gasteiger charge is -2.20. The Balaban J connectivity index is 0.000000396. The number of fused-ring (bicyclic) bond motifs is 1. The Labute approximate surface area is 247 Å². The molecule has 0 unspecified atom stereocenters. The molecule has 0 radical (unpaired) electrons. The first-order valence-electron chi connectivity index (χ1n) is 12.4. The first-order valence-corrected chi connectivity index (χ1v) is 12.4. The summed E-state index contributed by atoms with van der Waals surface area (Å²) in [5.74, 6) is -8.01. The Hall–Kier alpha value is -4.37. The molecule has 1 saturated heterocycles. The van der Waals surface area contributed by atoms with Crippen molar-refractivity contribution in [2.75, 3.05) is 13.1 Å². The van der Waals surface area contributed by atoms with Crippen LogP contribution in [0.4, 0.5) is 39.5 Å². The fraction of sp³-hybridized carbons (Fsp3) is 0.565. The van der Waals surface area contributed by atoms with E-state index in [9.17, 15) is 44.3 Å². The number of carboxylic acid groups (broad SMARTS) is 3. The summed E-state index contributed by atoms with van der Waals surface area (Å²) in [6.07, 6.45) is -6.52. The summed E-state index contributed by atoms with van der Waals surface area (Å²) in [7, 11) is 1.95. The minimum Gasteiger partial charge on any atom is -0.475 e. The van der Waals surface area contributed by atoms with Crippen LogP contribution in [0.5, 0.6) is 0 Å². The van der Waals surface area contributed by atoms with E-state index in [0.29, 0.717) is 13.0 Å². The second-order valence-corrected chi connectivity index (χ2v) is 9.25. The molecular formula is C23H27F9N6O7. The van der Waals surface area contributed by atoms with Gasteiger partial charge in [0.05, 0.1) is 30.5 Å². The molecule has 2 aromatic rings. The van der Waals surface area contributed by atoms with Crippen LogP contribution >= 0.6 is 0 Å². The highest BCUT2D eigenvalue weighted by Crippen LogP contribution is 2.21. The number of halogens is 9. The molecule has 0 atom stereocenters. The van der Waals surface area contributed by atoms with Gasteiger partial charge in [0.25, 0.3) is 0 Å². The van der Waals surface area contributed by atoms with E-state index < -0.39 is 36.4 Å². The minimum atomic E-state index is -5.08. The van der Waals surface area contributed by atoms with Gasteiger partial charge in [0.15, 0.2) is 0 Å². The van der Waals surface area contributed by atoms with Crippen LogP contribution < -0.4 is 0 Å². The summed E-state index contributed by atoms with van der Waals surface area (Å²) < 4.78 is 99.3. The van der Waals surface area contributed by atoms with Gasteiger partial charge in [-0.05, 0) is 12.8 Å². The van der Waals surface area contributed by atoms with E-state index in [-0.39, 0.29) is 5.91 Å². The summed E-state index contributed by atoms with van der Waals surface area (Å²) in [6, 6.07) is 0. The third-order valence-electron chi connectivity index (χ3n) is 5.68. The average Bonchev–Trinajstić information content (AvgIpc) is 3.56. The van der Waals surface area contributed by atoms with Gasteiger partial charge in [0.2, 0.25) is 5.91 Å². The van der Waals surface area contributed by atoms with Gasteiger partial charge >= 0.3 is 36.4 Å². The number of rotatable bonds is 4. The lowest BCUT2D eigenvalue weighted by Crippen LogP contribution is -2.26. The number of likely N-dealkylation sites (tertiary alicyclic amines) is 1. The Bertz CT molecular complexity index is 1250. The molecule has 22 heteroatoms. The van der Waals surface area contributed by atoms with E-state index in [2.05, 4.69) is 25.7 Å². The van der Waals surface area contributed by atoms with Gasteiger partial charge in [0, 0.05) is 58.0 Å². The van der Waals surface area contributed by atoms with Crippen LogP contribution in [0.1, 0.15) is 36.2 Å². The number of imidazole rings is 1. The summed E-state index contributed by atoms with van der Waals surface area (Å²) in [6.45, 7) is 5.37. The topological polar surface area (TPSA) is 171 Å². The van der Waals surface area contributed by atoms with Crippen LogP contribution in [-0.2, 0) is 52.4 Å². The summed E-state index contributed by atoms with van der Waals surface area (Å²) in [4.78, 5) is 47.6. The van der Waals surface area contributed by atoms with Crippen molar-refractivity contribution >= 4 is 23.8 Å². The number of carboxylic acids is 3. The molecule has 13 nitrogen and oxygen atoms in total. The highest BCUT2D eigenvalue weighted by atomic mass is 19.4. The van der Waals surface area contributed by atoms with Crippen molar-refractivity contribution in [3.63, 3.8) is 0 Å². The summed E-state index contributed by atoms with van der Waals surface area (Å²) in [5, 5.41) is 25.6. The maximum Gasteiger partial charge on any atom is 0.490 e. The van der Waals surface area contributed by atoms with Gasteiger partial charge in [-0.2, -0.15) is 44.6 Å². The molecule has 254 valence electrons. The fourth-order valence-corrected chi connectivity index (χ4v) is 3.71. The number of hydrogen-bond acceptors (Lipinski definition) is 7. The van der Waals surface area contributed by atoms with E-state index >= 15 is 0 Å². The molecule has 2 aliphatic rings. The van der Waals surface area contributed by atoms with Crippen molar-refractivity contribution in [3.8, 4) is 0 Å². The first-order chi connectivity index (χ1) is 20.5. The van der Waals surface area contributed by atoms with Gasteiger partial charge in [0.1, 0.15) is 0 Å². The molecule has 0 bridgehead atoms. The molecule has 45 heavy (non-hydrogen) atoms. The third kappa shape index (κ3) is 13.9. The van der Waals surface area contributed by atoms with Crippen molar-refractivity contribution < 1.29 is 74.0 Å². The van der Waals surface area contributed by atoms with E-state index in [1.54, 1.807) is 0 Å². The molecule has 2 aromatic heterocycles. The Morgan fingerprint density at radius 2 is 1.33 bits per heavy atom. The van der Waals surface area contributed by atoms with E-state index in [0.717, 1.165) is 51.3 Å². The minimum absolute atomic E-state index is 0.262. The lowest BCUT2D eigenvalue weighted by molar-refractivity contribution is -0.193. The predicted octanol–water partition coefficient (Wildman–Crippen LogP) is 3.04. The number of alkyl halides is 9. The molecule has 4 rings (SSSR count). The van der Waals surface area contributed by atoms with Crippen LogP contribution in [0.25, 0.3) is 0 Å². The molecular weight excluding hydrogens is 643 g/mol. The Kier molecular flexibility index (Phi) is 13.8. The Morgan fingerprint density at radius 3 is 1.73 bits per heavy atom. The smallest absolute Gasteiger partial charge is 0.475 e. The SMILES string of the molecule is Cn1cc(CN2CCCn3cnc(CN4CCCC4=O)c3C2)cn1.O=C(O)C(F)(F)F.O=C(O)C(F)(F)F.O=C(O)C(F)(F)F. The quantitative estimate of drug-likeness (QED) is 0.411. The number of hydrogen-bond donors (Lipinski definition) is 3. The molecule has 0 aliphatic carbocycles. The molecule has 0 aromatic carbocycles. The normalized spacial score (nSPS) is 15.3. The van der Waals surface area contributed by atoms with E-state index in [1.807, 2.05) is 29.2 Å². The number of carbonyl (C=O) groups excluding carboxylic acids is 1. The summed E-state index contributed by atoms with van der Waals surface area (Å²) >= 11 is 0. The first kappa shape index (κ1) is 38.7. The average molecular weight is 670 g/mol. The van der Waals surface area contributed by atoms with Gasteiger partial charge in [-0.3, -0.25) is 14.4 Å². The molecule has 1 fully saturated rings. The standard InChI is InChI=1S/C17H24N6O.3C2HF3O2/c1-20-9-14(8-19-20)10-21-5-3-7-23-13-18-15(16(23)12-21)11-22-6-2-4-17(22)24;3*3-2(4,5)1(6)7/h8-9,13H,2-7,10-12H2,1H3;3*(H,6,7). The molecule has 0 saturated carbocycles. The van der Waals surface area contributed by atoms with Crippen LogP contribution in [0.3, 0.4) is 0 Å². The molecule has 0 spiro atoms. The maximum atomic E-state index is 11.9. The number of carbonyl (C=O) groups is 4. The number of aromatic nitrogens is 4. The highest BCUT2D eigenvalue weighted by molar-refractivity contribution is 5.78. The van der Waals surface area contributed by atoms with Crippen molar-refractivity contribution in [1.29, 1.82) is 0 Å². The second-order valence-electron chi connectivity index (χ2n) is 9.25. The van der Waals surface area contributed by atoms with Crippen LogP contribution in [0, 0.1) is 0 Å². The maximum absolute atomic E-state index is 11.9. The van der Waals surface area contributed by atoms with Gasteiger partial charge in [-0.1, -0.05) is 0 Å². The van der Waals surface area contributed by atoms with Crippen molar-refractivity contribution in [2.24, 2.45) is 7.05 Å². The van der Waals surface area contributed by atoms with Gasteiger partial charge < -0.3 is 24.8 Å². The van der Waals surface area contributed by atoms with Crippen molar-refractivity contribution in [3.05, 3.63) is 35.7 Å². The summed E-state index contributed by atoms with van der Waals surface area (Å²) in [5.41, 5.74) is 3.56. The number of aryl methyl sites for hydroxylation is 2. The van der Waals surface area contributed by atoms with E-state index in [4.69, 9.17) is 29.7 Å². The number of aliphatic carboxylic acids is 3. The van der Waals surface area contributed by atoms with Gasteiger partial charge in [-0.25, -0.2) is 19.4 Å². The lowest BCUT2D eigenvalue weighted by atomic mass is 10.2. The van der Waals surface area contributed by atoms with Crippen molar-refractivity contribution in [1.82, 2.24) is 29.1 Å². The molecule has 4 heterocycles. The largest absolute Gasteiger partial charge is 0.490 e. The van der Waals surface area contributed by atoms with Crippen LogP contribution in [0.2, 0.25) is 0 Å². The predicted molar refractivity (Wildman–Crippen MR) is 130 cm³/mol. The molecule has 1 amide bonds. The Morgan fingerprint density at radius 1 is 0.822 bits per heavy atom. The zero-order chi connectivity index (χ0) is 34.8. The zero-order valence-corrected chi connectivity index (χ0v) is 23.2. The molecule has 3 N–H and O–H groups in total. The number of nitrogens with zero attached hydrogens (tertiary/aromatic N) is 6. The molecule has 2 aliphatic heterocycles. The third-order valence-corrected chi connectivity index (χ3v) is 5.68.